The van der Waals surface area contributed by atoms with Gasteiger partial charge in [-0.2, -0.15) is 0 Å². The fourth-order valence-corrected chi connectivity index (χ4v) is 1.41. The smallest absolute Gasteiger partial charge is 0.127 e. The zero-order valence-electron chi connectivity index (χ0n) is 10.1. The highest BCUT2D eigenvalue weighted by Gasteiger charge is 2.00. The van der Waals surface area contributed by atoms with Crippen molar-refractivity contribution in [1.29, 1.82) is 0 Å². The fraction of sp³-hybridized carbons (Fsp3) is 0.429. The second-order valence-corrected chi connectivity index (χ2v) is 3.60. The van der Waals surface area contributed by atoms with Gasteiger partial charge in [-0.05, 0) is 31.5 Å². The summed E-state index contributed by atoms with van der Waals surface area (Å²) in [5, 5.41) is 3.33. The fourth-order valence-electron chi connectivity index (χ4n) is 1.41. The summed E-state index contributed by atoms with van der Waals surface area (Å²) in [7, 11) is 0. The zero-order chi connectivity index (χ0) is 11.6. The van der Waals surface area contributed by atoms with E-state index in [9.17, 15) is 0 Å². The first-order valence-corrected chi connectivity index (χ1v) is 5.95. The number of ether oxygens (including phenoxy) is 1. The van der Waals surface area contributed by atoms with Crippen molar-refractivity contribution in [2.75, 3.05) is 13.2 Å². The lowest BCUT2D eigenvalue weighted by molar-refractivity contribution is 0.0732. The quantitative estimate of drug-likeness (QED) is 0.712. The van der Waals surface area contributed by atoms with E-state index in [0.717, 1.165) is 19.6 Å². The minimum atomic E-state index is 0.0187. The first-order chi connectivity index (χ1) is 7.86. The Morgan fingerprint density at radius 2 is 2.00 bits per heavy atom. The molecule has 0 saturated heterocycles. The second-order valence-electron chi connectivity index (χ2n) is 3.60. The van der Waals surface area contributed by atoms with Crippen LogP contribution in [0.4, 0.5) is 0 Å². The minimum absolute atomic E-state index is 0.0187. The van der Waals surface area contributed by atoms with E-state index >= 15 is 0 Å². The Morgan fingerprint density at radius 1 is 1.25 bits per heavy atom. The summed E-state index contributed by atoms with van der Waals surface area (Å²) in [6.07, 6.45) is 5.28. The molecule has 0 heterocycles. The predicted octanol–water partition coefficient (Wildman–Crippen LogP) is 3.06. The Labute approximate surface area is 98.3 Å². The molecule has 1 atom stereocenters. The topological polar surface area (TPSA) is 21.3 Å². The first kappa shape index (κ1) is 12.9. The molecule has 1 N–H and O–H groups in total. The second kappa shape index (κ2) is 8.08. The van der Waals surface area contributed by atoms with E-state index in [1.165, 1.54) is 5.56 Å². The van der Waals surface area contributed by atoms with Crippen molar-refractivity contribution in [3.05, 3.63) is 42.0 Å². The van der Waals surface area contributed by atoms with Gasteiger partial charge in [0.05, 0.1) is 0 Å². The molecule has 0 saturated carbocycles. The van der Waals surface area contributed by atoms with Crippen LogP contribution in [0.25, 0.3) is 6.08 Å². The van der Waals surface area contributed by atoms with Gasteiger partial charge in [0.1, 0.15) is 6.23 Å². The molecular weight excluding hydrogens is 198 g/mol. The van der Waals surface area contributed by atoms with E-state index in [0.29, 0.717) is 0 Å². The third-order valence-electron chi connectivity index (χ3n) is 2.20. The van der Waals surface area contributed by atoms with E-state index in [1.807, 2.05) is 25.1 Å². The van der Waals surface area contributed by atoms with Crippen LogP contribution in [0, 0.1) is 0 Å². The standard InChI is InChI=1S/C14H21NO/c1-3-12-15-14(16-4-2)11-10-13-8-6-5-7-9-13/h5-11,14-15H,3-4,12H2,1-2H3. The van der Waals surface area contributed by atoms with Crippen molar-refractivity contribution >= 4 is 6.08 Å². The molecule has 0 aliphatic heterocycles. The SMILES string of the molecule is CCCNC(C=Cc1ccccc1)OCC. The molecule has 0 aliphatic carbocycles. The van der Waals surface area contributed by atoms with Crippen LogP contribution < -0.4 is 5.32 Å². The molecule has 1 rings (SSSR count). The van der Waals surface area contributed by atoms with Gasteiger partial charge in [-0.3, -0.25) is 5.32 Å². The maximum atomic E-state index is 5.57. The average Bonchev–Trinajstić information content (AvgIpc) is 2.34. The molecule has 2 heteroatoms. The average molecular weight is 219 g/mol. The van der Waals surface area contributed by atoms with E-state index in [1.54, 1.807) is 0 Å². The van der Waals surface area contributed by atoms with Crippen LogP contribution in [0.2, 0.25) is 0 Å². The van der Waals surface area contributed by atoms with Crippen LogP contribution in [0.5, 0.6) is 0 Å². The van der Waals surface area contributed by atoms with E-state index in [-0.39, 0.29) is 6.23 Å². The Kier molecular flexibility index (Phi) is 6.54. The Morgan fingerprint density at radius 3 is 2.62 bits per heavy atom. The predicted molar refractivity (Wildman–Crippen MR) is 69.2 cm³/mol. The monoisotopic (exact) mass is 219 g/mol. The molecule has 0 spiro atoms. The lowest BCUT2D eigenvalue weighted by Crippen LogP contribution is -2.30. The number of benzene rings is 1. The maximum absolute atomic E-state index is 5.57. The summed E-state index contributed by atoms with van der Waals surface area (Å²) in [6.45, 7) is 5.86. The Bertz CT molecular complexity index is 295. The minimum Gasteiger partial charge on any atom is -0.360 e. The maximum Gasteiger partial charge on any atom is 0.127 e. The van der Waals surface area contributed by atoms with Crippen molar-refractivity contribution < 1.29 is 4.74 Å². The van der Waals surface area contributed by atoms with Crippen molar-refractivity contribution in [3.8, 4) is 0 Å². The Balaban J connectivity index is 2.50. The number of nitrogens with one attached hydrogen (secondary N) is 1. The van der Waals surface area contributed by atoms with Gasteiger partial charge in [-0.15, -0.1) is 0 Å². The summed E-state index contributed by atoms with van der Waals surface area (Å²) in [5.74, 6) is 0. The van der Waals surface area contributed by atoms with Gasteiger partial charge in [0.15, 0.2) is 0 Å². The van der Waals surface area contributed by atoms with Crippen LogP contribution in [-0.2, 0) is 4.74 Å². The molecule has 16 heavy (non-hydrogen) atoms. The van der Waals surface area contributed by atoms with Crippen LogP contribution in [-0.4, -0.2) is 19.4 Å². The number of hydrogen-bond donors (Lipinski definition) is 1. The molecule has 0 fully saturated rings. The van der Waals surface area contributed by atoms with Crippen LogP contribution in [0.1, 0.15) is 25.8 Å². The number of hydrogen-bond acceptors (Lipinski definition) is 2. The highest BCUT2D eigenvalue weighted by Crippen LogP contribution is 2.02. The molecule has 2 nitrogen and oxygen atoms in total. The summed E-state index contributed by atoms with van der Waals surface area (Å²) in [4.78, 5) is 0. The molecule has 1 unspecified atom stereocenters. The third-order valence-corrected chi connectivity index (χ3v) is 2.20. The van der Waals surface area contributed by atoms with Gasteiger partial charge in [-0.1, -0.05) is 43.3 Å². The first-order valence-electron chi connectivity index (χ1n) is 5.95. The lowest BCUT2D eigenvalue weighted by Gasteiger charge is -2.14. The largest absolute Gasteiger partial charge is 0.360 e. The highest BCUT2D eigenvalue weighted by molar-refractivity contribution is 5.49. The molecule has 0 radical (unpaired) electrons. The summed E-state index contributed by atoms with van der Waals surface area (Å²) < 4.78 is 5.57. The van der Waals surface area contributed by atoms with Crippen LogP contribution in [0.15, 0.2) is 36.4 Å². The Hall–Kier alpha value is -1.12. The molecule has 0 aliphatic rings. The molecule has 0 amide bonds. The third kappa shape index (κ3) is 5.10. The summed E-state index contributed by atoms with van der Waals surface area (Å²) >= 11 is 0. The van der Waals surface area contributed by atoms with Gasteiger partial charge < -0.3 is 4.74 Å². The molecule has 1 aromatic rings. The van der Waals surface area contributed by atoms with Gasteiger partial charge >= 0.3 is 0 Å². The van der Waals surface area contributed by atoms with Crippen molar-refractivity contribution in [2.24, 2.45) is 0 Å². The highest BCUT2D eigenvalue weighted by atomic mass is 16.5. The molecular formula is C14H21NO. The van der Waals surface area contributed by atoms with Gasteiger partial charge in [0, 0.05) is 6.61 Å². The molecule has 1 aromatic carbocycles. The van der Waals surface area contributed by atoms with Gasteiger partial charge in [0.2, 0.25) is 0 Å². The van der Waals surface area contributed by atoms with Crippen LogP contribution in [0.3, 0.4) is 0 Å². The van der Waals surface area contributed by atoms with Gasteiger partial charge in [0.25, 0.3) is 0 Å². The van der Waals surface area contributed by atoms with Crippen molar-refractivity contribution in [3.63, 3.8) is 0 Å². The zero-order valence-corrected chi connectivity index (χ0v) is 10.1. The van der Waals surface area contributed by atoms with Gasteiger partial charge in [-0.25, -0.2) is 0 Å². The molecule has 0 bridgehead atoms. The molecule has 88 valence electrons. The normalized spacial score (nSPS) is 13.1. The van der Waals surface area contributed by atoms with Crippen LogP contribution >= 0.6 is 0 Å². The lowest BCUT2D eigenvalue weighted by atomic mass is 10.2. The van der Waals surface area contributed by atoms with Crippen molar-refractivity contribution in [1.82, 2.24) is 5.32 Å². The summed E-state index contributed by atoms with van der Waals surface area (Å²) in [5.41, 5.74) is 1.20. The molecule has 0 aromatic heterocycles. The van der Waals surface area contributed by atoms with E-state index in [2.05, 4.69) is 36.5 Å². The van der Waals surface area contributed by atoms with E-state index < -0.39 is 0 Å². The summed E-state index contributed by atoms with van der Waals surface area (Å²) in [6, 6.07) is 10.3. The number of rotatable bonds is 7. The van der Waals surface area contributed by atoms with E-state index in [4.69, 9.17) is 4.74 Å². The van der Waals surface area contributed by atoms with Crippen molar-refractivity contribution in [2.45, 2.75) is 26.5 Å².